The molecule has 4 heteroatoms. The van der Waals surface area contributed by atoms with Crippen LogP contribution in [0.4, 0.5) is 0 Å². The van der Waals surface area contributed by atoms with Crippen molar-refractivity contribution in [1.29, 1.82) is 0 Å². The summed E-state index contributed by atoms with van der Waals surface area (Å²) in [4.78, 5) is 9.01. The molecule has 2 N–H and O–H groups in total. The van der Waals surface area contributed by atoms with Crippen LogP contribution in [0.5, 0.6) is 0 Å². The Morgan fingerprint density at radius 2 is 2.25 bits per heavy atom. The lowest BCUT2D eigenvalue weighted by Gasteiger charge is -2.20. The Labute approximate surface area is 96.2 Å². The molecule has 1 aliphatic heterocycles. The molecule has 0 aromatic carbocycles. The van der Waals surface area contributed by atoms with Crippen LogP contribution in [0.2, 0.25) is 0 Å². The molecule has 0 bridgehead atoms. The van der Waals surface area contributed by atoms with Crippen molar-refractivity contribution in [3.05, 3.63) is 22.8 Å². The monoisotopic (exact) mass is 221 g/mol. The largest absolute Gasteiger partial charge is 0.376 e. The molecule has 0 fully saturated rings. The fourth-order valence-electron chi connectivity index (χ4n) is 2.02. The summed E-state index contributed by atoms with van der Waals surface area (Å²) in [5.41, 5.74) is 9.14. The fraction of sp³-hybridized carbons (Fsp3) is 0.667. The van der Waals surface area contributed by atoms with Crippen LogP contribution in [0, 0.1) is 12.8 Å². The first-order valence-electron chi connectivity index (χ1n) is 5.83. The third kappa shape index (κ3) is 2.39. The molecule has 1 atom stereocenters. The van der Waals surface area contributed by atoms with E-state index in [-0.39, 0.29) is 0 Å². The number of aromatic nitrogens is 2. The lowest BCUT2D eigenvalue weighted by Crippen LogP contribution is -2.20. The van der Waals surface area contributed by atoms with E-state index in [1.165, 1.54) is 5.56 Å². The van der Waals surface area contributed by atoms with Crippen molar-refractivity contribution in [2.24, 2.45) is 11.7 Å². The summed E-state index contributed by atoms with van der Waals surface area (Å²) in [6, 6.07) is 0. The molecule has 0 saturated heterocycles. The van der Waals surface area contributed by atoms with Crippen LogP contribution in [0.1, 0.15) is 29.7 Å². The molecule has 0 spiro atoms. The highest BCUT2D eigenvalue weighted by Crippen LogP contribution is 2.20. The number of hydrogen-bond donors (Lipinski definition) is 1. The van der Waals surface area contributed by atoms with E-state index >= 15 is 0 Å². The fourth-order valence-corrected chi connectivity index (χ4v) is 2.02. The molecule has 1 aliphatic rings. The summed E-state index contributed by atoms with van der Waals surface area (Å²) in [7, 11) is 0. The number of rotatable bonds is 3. The number of aryl methyl sites for hydroxylation is 1. The second-order valence-corrected chi connectivity index (χ2v) is 4.49. The van der Waals surface area contributed by atoms with Gasteiger partial charge in [-0.2, -0.15) is 0 Å². The summed E-state index contributed by atoms with van der Waals surface area (Å²) in [6.45, 7) is 6.22. The van der Waals surface area contributed by atoms with Crippen molar-refractivity contribution in [3.63, 3.8) is 0 Å². The molecule has 2 rings (SSSR count). The maximum Gasteiger partial charge on any atom is 0.125 e. The molecule has 0 amide bonds. The van der Waals surface area contributed by atoms with Crippen LogP contribution in [0.3, 0.4) is 0 Å². The van der Waals surface area contributed by atoms with Gasteiger partial charge in [0.1, 0.15) is 5.82 Å². The highest BCUT2D eigenvalue weighted by atomic mass is 16.5. The Balaban J connectivity index is 2.31. The van der Waals surface area contributed by atoms with Gasteiger partial charge >= 0.3 is 0 Å². The second kappa shape index (κ2) is 4.89. The van der Waals surface area contributed by atoms with E-state index in [0.717, 1.165) is 36.7 Å². The molecule has 16 heavy (non-hydrogen) atoms. The standard InChI is InChI=1S/C12H19N3O/c1-8(6-13)5-12-10-7-16-4-3-11(10)14-9(2)15-12/h8H,3-7,13H2,1-2H3. The first-order chi connectivity index (χ1) is 7.70. The summed E-state index contributed by atoms with van der Waals surface area (Å²) < 4.78 is 5.48. The van der Waals surface area contributed by atoms with E-state index in [1.807, 2.05) is 6.92 Å². The van der Waals surface area contributed by atoms with Gasteiger partial charge < -0.3 is 10.5 Å². The topological polar surface area (TPSA) is 61.0 Å². The van der Waals surface area contributed by atoms with E-state index < -0.39 is 0 Å². The maximum absolute atomic E-state index is 5.66. The number of ether oxygens (including phenoxy) is 1. The van der Waals surface area contributed by atoms with Crippen molar-refractivity contribution < 1.29 is 4.74 Å². The van der Waals surface area contributed by atoms with Crippen molar-refractivity contribution in [2.45, 2.75) is 33.3 Å². The smallest absolute Gasteiger partial charge is 0.125 e. The van der Waals surface area contributed by atoms with Gasteiger partial charge in [-0.15, -0.1) is 0 Å². The Morgan fingerprint density at radius 1 is 1.44 bits per heavy atom. The van der Waals surface area contributed by atoms with Gasteiger partial charge in [0.15, 0.2) is 0 Å². The summed E-state index contributed by atoms with van der Waals surface area (Å²) in [5.74, 6) is 1.32. The van der Waals surface area contributed by atoms with Crippen molar-refractivity contribution in [2.75, 3.05) is 13.2 Å². The van der Waals surface area contributed by atoms with E-state index in [0.29, 0.717) is 19.1 Å². The third-order valence-corrected chi connectivity index (χ3v) is 2.96. The molecule has 1 unspecified atom stereocenters. The number of nitrogens with two attached hydrogens (primary N) is 1. The molecule has 1 aromatic rings. The minimum absolute atomic E-state index is 0.459. The predicted octanol–water partition coefficient (Wildman–Crippen LogP) is 0.995. The van der Waals surface area contributed by atoms with E-state index in [9.17, 15) is 0 Å². The van der Waals surface area contributed by atoms with Gasteiger partial charge in [0, 0.05) is 12.0 Å². The van der Waals surface area contributed by atoms with Gasteiger partial charge in [-0.3, -0.25) is 0 Å². The number of hydrogen-bond acceptors (Lipinski definition) is 4. The molecular formula is C12H19N3O. The minimum atomic E-state index is 0.459. The van der Waals surface area contributed by atoms with E-state index in [1.54, 1.807) is 0 Å². The zero-order valence-electron chi connectivity index (χ0n) is 9.99. The van der Waals surface area contributed by atoms with Gasteiger partial charge in [-0.05, 0) is 25.8 Å². The molecular weight excluding hydrogens is 202 g/mol. The van der Waals surface area contributed by atoms with Crippen LogP contribution in [0.25, 0.3) is 0 Å². The molecule has 0 aliphatic carbocycles. The number of fused-ring (bicyclic) bond motifs is 1. The summed E-state index contributed by atoms with van der Waals surface area (Å²) >= 11 is 0. The van der Waals surface area contributed by atoms with Crippen LogP contribution in [-0.4, -0.2) is 23.1 Å². The molecule has 4 nitrogen and oxygen atoms in total. The van der Waals surface area contributed by atoms with Crippen LogP contribution >= 0.6 is 0 Å². The average Bonchev–Trinajstić information content (AvgIpc) is 2.28. The highest BCUT2D eigenvalue weighted by molar-refractivity contribution is 5.27. The number of nitrogens with zero attached hydrogens (tertiary/aromatic N) is 2. The van der Waals surface area contributed by atoms with E-state index in [4.69, 9.17) is 10.5 Å². The van der Waals surface area contributed by atoms with Crippen molar-refractivity contribution in [1.82, 2.24) is 9.97 Å². The quantitative estimate of drug-likeness (QED) is 0.827. The van der Waals surface area contributed by atoms with Crippen molar-refractivity contribution >= 4 is 0 Å². The first-order valence-corrected chi connectivity index (χ1v) is 5.83. The van der Waals surface area contributed by atoms with Crippen molar-refractivity contribution in [3.8, 4) is 0 Å². The Bertz CT molecular complexity index is 379. The molecule has 0 saturated carbocycles. The third-order valence-electron chi connectivity index (χ3n) is 2.96. The van der Waals surface area contributed by atoms with Crippen LogP contribution in [0.15, 0.2) is 0 Å². The Kier molecular flexibility index (Phi) is 3.51. The van der Waals surface area contributed by atoms with Crippen LogP contribution < -0.4 is 5.73 Å². The molecule has 0 radical (unpaired) electrons. The molecule has 1 aromatic heterocycles. The van der Waals surface area contributed by atoms with Gasteiger partial charge in [0.2, 0.25) is 0 Å². The van der Waals surface area contributed by atoms with Crippen LogP contribution in [-0.2, 0) is 24.2 Å². The average molecular weight is 221 g/mol. The SMILES string of the molecule is Cc1nc2c(c(CC(C)CN)n1)COCC2. The van der Waals surface area contributed by atoms with Gasteiger partial charge in [-0.1, -0.05) is 6.92 Å². The highest BCUT2D eigenvalue weighted by Gasteiger charge is 2.18. The zero-order chi connectivity index (χ0) is 11.5. The zero-order valence-corrected chi connectivity index (χ0v) is 9.99. The van der Waals surface area contributed by atoms with E-state index in [2.05, 4.69) is 16.9 Å². The summed E-state index contributed by atoms with van der Waals surface area (Å²) in [5, 5.41) is 0. The normalized spacial score (nSPS) is 16.9. The van der Waals surface area contributed by atoms with Gasteiger partial charge in [-0.25, -0.2) is 9.97 Å². The Hall–Kier alpha value is -1.00. The lowest BCUT2D eigenvalue weighted by molar-refractivity contribution is 0.107. The van der Waals surface area contributed by atoms with Gasteiger partial charge in [0.05, 0.1) is 24.6 Å². The Morgan fingerprint density at radius 3 is 3.00 bits per heavy atom. The first kappa shape index (κ1) is 11.5. The van der Waals surface area contributed by atoms with Gasteiger partial charge in [0.25, 0.3) is 0 Å². The predicted molar refractivity (Wildman–Crippen MR) is 62.1 cm³/mol. The lowest BCUT2D eigenvalue weighted by atomic mass is 9.99. The molecule has 88 valence electrons. The maximum atomic E-state index is 5.66. The molecule has 2 heterocycles. The second-order valence-electron chi connectivity index (χ2n) is 4.49. The summed E-state index contributed by atoms with van der Waals surface area (Å²) in [6.07, 6.45) is 1.83. The minimum Gasteiger partial charge on any atom is -0.376 e.